The molecule has 11 heteroatoms. The molecular formula is C19H34O10Ti. The van der Waals surface area contributed by atoms with Gasteiger partial charge in [0.2, 0.25) is 0 Å². The zero-order valence-corrected chi connectivity index (χ0v) is 20.6. The second-order valence-electron chi connectivity index (χ2n) is 5.94. The van der Waals surface area contributed by atoms with E-state index in [9.17, 15) is 28.8 Å². The fourth-order valence-corrected chi connectivity index (χ4v) is 0.826. The van der Waals surface area contributed by atoms with E-state index in [2.05, 4.69) is 14.2 Å². The molecule has 0 spiro atoms. The summed E-state index contributed by atoms with van der Waals surface area (Å²) in [5.41, 5.74) is 0. The van der Waals surface area contributed by atoms with Gasteiger partial charge in [-0.15, -0.1) is 0 Å². The third-order valence-electron chi connectivity index (χ3n) is 2.23. The minimum Gasteiger partial charge on any atom is -0.469 e. The van der Waals surface area contributed by atoms with Gasteiger partial charge >= 0.3 is 17.9 Å². The van der Waals surface area contributed by atoms with Gasteiger partial charge in [0.25, 0.3) is 0 Å². The van der Waals surface area contributed by atoms with E-state index < -0.39 is 17.9 Å². The third-order valence-corrected chi connectivity index (χ3v) is 2.23. The van der Waals surface area contributed by atoms with Crippen LogP contribution in [0.1, 0.15) is 53.9 Å². The fourth-order valence-electron chi connectivity index (χ4n) is 0.826. The van der Waals surface area contributed by atoms with Crippen LogP contribution in [0.2, 0.25) is 0 Å². The number of rotatable bonds is 7. The molecule has 0 fully saturated rings. The number of ketones is 3. The molecule has 0 saturated carbocycles. The van der Waals surface area contributed by atoms with Crippen molar-refractivity contribution in [2.24, 2.45) is 5.92 Å². The molecule has 0 rings (SSSR count). The largest absolute Gasteiger partial charge is 0.469 e. The minimum absolute atomic E-state index is 0. The Morgan fingerprint density at radius 1 is 0.633 bits per heavy atom. The van der Waals surface area contributed by atoms with E-state index in [4.69, 9.17) is 5.11 Å². The summed E-state index contributed by atoms with van der Waals surface area (Å²) in [6, 6.07) is 0. The van der Waals surface area contributed by atoms with Gasteiger partial charge in [-0.05, 0) is 26.7 Å². The smallest absolute Gasteiger partial charge is 0.313 e. The standard InChI is InChI=1S/3C5H8O3.C4H10O.Ti/c3*1-4(6)3-5(7)8-2;1-4(2)3-5;/h3*3H2,1-2H3;4-5H,3H2,1-2H3;. The Morgan fingerprint density at radius 2 is 0.800 bits per heavy atom. The Balaban J connectivity index is -0.0000000929. The van der Waals surface area contributed by atoms with Gasteiger partial charge in [0.15, 0.2) is 0 Å². The maximum absolute atomic E-state index is 10.2. The van der Waals surface area contributed by atoms with Gasteiger partial charge in [-0.25, -0.2) is 0 Å². The Kier molecular flexibility index (Phi) is 34.9. The van der Waals surface area contributed by atoms with E-state index in [1.54, 1.807) is 0 Å². The topological polar surface area (TPSA) is 150 Å². The first-order valence-electron chi connectivity index (χ1n) is 8.56. The van der Waals surface area contributed by atoms with Crippen molar-refractivity contribution in [1.29, 1.82) is 0 Å². The predicted molar refractivity (Wildman–Crippen MR) is 104 cm³/mol. The van der Waals surface area contributed by atoms with E-state index in [-0.39, 0.29) is 58.3 Å². The first kappa shape index (κ1) is 38.7. The number of methoxy groups -OCH3 is 3. The number of Topliss-reactive ketones (excluding diaryl/α,β-unsaturated/α-hetero) is 3. The quantitative estimate of drug-likeness (QED) is 0.247. The summed E-state index contributed by atoms with van der Waals surface area (Å²) in [4.78, 5) is 60.9. The molecule has 0 aromatic carbocycles. The van der Waals surface area contributed by atoms with E-state index >= 15 is 0 Å². The number of aliphatic hydroxyl groups excluding tert-OH is 1. The number of esters is 3. The summed E-state index contributed by atoms with van der Waals surface area (Å²) in [5, 5.41) is 8.14. The molecular weight excluding hydrogens is 436 g/mol. The predicted octanol–water partition coefficient (Wildman–Crippen LogP) is 1.05. The Morgan fingerprint density at radius 3 is 0.833 bits per heavy atom. The second-order valence-corrected chi connectivity index (χ2v) is 5.94. The van der Waals surface area contributed by atoms with Crippen LogP contribution in [-0.4, -0.2) is 68.3 Å². The number of ether oxygens (including phenoxy) is 3. The van der Waals surface area contributed by atoms with Crippen molar-refractivity contribution in [3.8, 4) is 0 Å². The van der Waals surface area contributed by atoms with Gasteiger partial charge in [-0.3, -0.25) is 28.8 Å². The van der Waals surface area contributed by atoms with Crippen molar-refractivity contribution in [2.45, 2.75) is 53.9 Å². The van der Waals surface area contributed by atoms with Crippen LogP contribution in [-0.2, 0) is 64.7 Å². The molecule has 0 radical (unpaired) electrons. The van der Waals surface area contributed by atoms with Crippen LogP contribution in [0.15, 0.2) is 0 Å². The summed E-state index contributed by atoms with van der Waals surface area (Å²) in [7, 11) is 3.77. The summed E-state index contributed by atoms with van der Waals surface area (Å²) in [5.74, 6) is -1.49. The van der Waals surface area contributed by atoms with Crippen molar-refractivity contribution in [2.75, 3.05) is 27.9 Å². The van der Waals surface area contributed by atoms with Crippen molar-refractivity contribution < 1.29 is 69.8 Å². The van der Waals surface area contributed by atoms with Crippen molar-refractivity contribution in [3.05, 3.63) is 0 Å². The molecule has 0 aromatic rings. The molecule has 30 heavy (non-hydrogen) atoms. The number of carbonyl (C=O) groups excluding carboxylic acids is 6. The van der Waals surface area contributed by atoms with Gasteiger partial charge in [0.1, 0.15) is 36.6 Å². The summed E-state index contributed by atoms with van der Waals surface area (Å²) >= 11 is 0. The molecule has 1 N–H and O–H groups in total. The Hall–Kier alpha value is -1.91. The molecule has 0 aliphatic heterocycles. The second kappa shape index (κ2) is 27.1. The number of carbonyl (C=O) groups is 6. The van der Waals surface area contributed by atoms with Crippen LogP contribution >= 0.6 is 0 Å². The van der Waals surface area contributed by atoms with Gasteiger partial charge in [0.05, 0.1) is 21.3 Å². The number of hydrogen-bond acceptors (Lipinski definition) is 10. The molecule has 174 valence electrons. The minimum atomic E-state index is -0.475. The first-order valence-corrected chi connectivity index (χ1v) is 8.56. The van der Waals surface area contributed by atoms with Crippen molar-refractivity contribution in [3.63, 3.8) is 0 Å². The van der Waals surface area contributed by atoms with E-state index in [1.807, 2.05) is 13.8 Å². The fraction of sp³-hybridized carbons (Fsp3) is 0.684. The molecule has 0 bridgehead atoms. The van der Waals surface area contributed by atoms with E-state index in [0.29, 0.717) is 12.5 Å². The van der Waals surface area contributed by atoms with Crippen LogP contribution in [0.25, 0.3) is 0 Å². The molecule has 0 heterocycles. The van der Waals surface area contributed by atoms with Crippen molar-refractivity contribution >= 4 is 35.3 Å². The summed E-state index contributed by atoms with van der Waals surface area (Å²) in [6.45, 7) is 8.28. The van der Waals surface area contributed by atoms with Crippen LogP contribution in [0.3, 0.4) is 0 Å². The van der Waals surface area contributed by atoms with E-state index in [1.165, 1.54) is 42.1 Å². The van der Waals surface area contributed by atoms with Crippen LogP contribution in [0.5, 0.6) is 0 Å². The normalized spacial score (nSPS) is 8.20. The summed E-state index contributed by atoms with van der Waals surface area (Å²) in [6.07, 6.45) is -0.344. The maximum Gasteiger partial charge on any atom is 0.313 e. The molecule has 0 atom stereocenters. The third kappa shape index (κ3) is 50.2. The maximum atomic E-state index is 10.2. The molecule has 0 unspecified atom stereocenters. The van der Waals surface area contributed by atoms with Crippen LogP contribution in [0.4, 0.5) is 0 Å². The first-order chi connectivity index (χ1) is 13.3. The van der Waals surface area contributed by atoms with E-state index in [0.717, 1.165) is 0 Å². The number of aliphatic hydroxyl groups is 1. The zero-order valence-electron chi connectivity index (χ0n) is 19.0. The Labute approximate surface area is 192 Å². The Bertz CT molecular complexity index is 449. The van der Waals surface area contributed by atoms with Gasteiger partial charge in [-0.2, -0.15) is 0 Å². The zero-order chi connectivity index (χ0) is 24.0. The monoisotopic (exact) mass is 470 g/mol. The molecule has 0 aliphatic rings. The number of hydrogen-bond donors (Lipinski definition) is 1. The molecule has 0 aromatic heterocycles. The van der Waals surface area contributed by atoms with Crippen LogP contribution in [0, 0.1) is 5.92 Å². The van der Waals surface area contributed by atoms with Gasteiger partial charge in [-0.1, -0.05) is 13.8 Å². The SMILES string of the molecule is CC(C)CO.COC(=O)CC(C)=O.COC(=O)CC(C)=O.COC(=O)CC(C)=O.[Ti]. The molecule has 0 saturated heterocycles. The van der Waals surface area contributed by atoms with Gasteiger partial charge in [0, 0.05) is 28.3 Å². The molecule has 10 nitrogen and oxygen atoms in total. The summed E-state index contributed by atoms with van der Waals surface area (Å²) < 4.78 is 12.6. The molecule has 0 aliphatic carbocycles. The average molecular weight is 470 g/mol. The van der Waals surface area contributed by atoms with Gasteiger partial charge < -0.3 is 19.3 Å². The average Bonchev–Trinajstić information content (AvgIpc) is 2.61. The van der Waals surface area contributed by atoms with Crippen LogP contribution < -0.4 is 0 Å². The van der Waals surface area contributed by atoms with Crippen molar-refractivity contribution in [1.82, 2.24) is 0 Å². The molecule has 0 amide bonds.